The molecule has 2 fully saturated rings. The molecule has 16 nitrogen and oxygen atoms in total. The zero-order valence-electron chi connectivity index (χ0n) is 30.0. The van der Waals surface area contributed by atoms with Crippen LogP contribution in [0.3, 0.4) is 0 Å². The number of hydrogen-bond acceptors (Lipinski definition) is 14. The minimum atomic E-state index is -4.56. The number of nitrogens with zero attached hydrogens (tertiary/aromatic N) is 4. The number of para-hydroxylation sites is 1. The van der Waals surface area contributed by atoms with Crippen LogP contribution < -0.4 is 15.3 Å². The predicted molar refractivity (Wildman–Crippen MR) is 186 cm³/mol. The Labute approximate surface area is 302 Å². The van der Waals surface area contributed by atoms with E-state index in [0.717, 1.165) is 6.54 Å². The molecule has 3 aromatic rings. The van der Waals surface area contributed by atoms with Gasteiger partial charge in [-0.1, -0.05) is 45.9 Å². The third-order valence-corrected chi connectivity index (χ3v) is 10.3. The lowest BCUT2D eigenvalue weighted by atomic mass is 9.95. The molecule has 0 amide bonds. The number of likely N-dealkylation sites (tertiary alicyclic amines) is 1. The van der Waals surface area contributed by atoms with Crippen LogP contribution in [-0.4, -0.2) is 89.1 Å². The van der Waals surface area contributed by atoms with Crippen molar-refractivity contribution in [3.05, 3.63) is 60.4 Å². The zero-order chi connectivity index (χ0) is 37.8. The van der Waals surface area contributed by atoms with Gasteiger partial charge < -0.3 is 34.1 Å². The fourth-order valence-corrected chi connectivity index (χ4v) is 7.30. The molecule has 0 spiro atoms. The third kappa shape index (κ3) is 8.57. The standard InChI is InChI=1S/C35H45N6O10P/c1-21(2)32(42)48-30-29(28-13-12-27-26(37)14-16-38-41(27)28)50-35(19-36,31(30)49-33(43)22(3)4)20-46-52(45,51-24-10-8-7-9-11-24)39-23(5)34(44)47-25-15-17-40(6)18-25/h7-14,16,21-23,25,29-31H,15,17-18,20,37H2,1-6H3,(H,39,45)/t23-,25-,29-,30-,31-,35+,52-/m0/s1. The Balaban J connectivity index is 1.52. The molecule has 5 rings (SSSR count). The number of nitrogens with two attached hydrogens (primary N) is 1. The van der Waals surface area contributed by atoms with E-state index >= 15 is 0 Å². The van der Waals surface area contributed by atoms with Gasteiger partial charge in [-0.05, 0) is 50.7 Å². The first kappa shape index (κ1) is 38.7. The average Bonchev–Trinajstić information content (AvgIpc) is 3.80. The first-order valence-electron chi connectivity index (χ1n) is 17.0. The van der Waals surface area contributed by atoms with Gasteiger partial charge >= 0.3 is 25.7 Å². The van der Waals surface area contributed by atoms with Crippen molar-refractivity contribution in [2.75, 3.05) is 32.5 Å². The highest BCUT2D eigenvalue weighted by molar-refractivity contribution is 7.52. The highest BCUT2D eigenvalue weighted by Gasteiger charge is 2.62. The Morgan fingerprint density at radius 1 is 1.04 bits per heavy atom. The summed E-state index contributed by atoms with van der Waals surface area (Å²) in [6.07, 6.45) is -2.49. The average molecular weight is 741 g/mol. The third-order valence-electron chi connectivity index (χ3n) is 8.68. The topological polar surface area (TPSA) is 206 Å². The fraction of sp³-hybridized carbons (Fsp3) is 0.514. The number of anilines is 1. The molecule has 17 heteroatoms. The van der Waals surface area contributed by atoms with Crippen molar-refractivity contribution in [2.24, 2.45) is 11.8 Å². The van der Waals surface area contributed by atoms with Gasteiger partial charge in [-0.2, -0.15) is 15.4 Å². The number of fused-ring (bicyclic) bond motifs is 1. The van der Waals surface area contributed by atoms with Crippen LogP contribution in [0.4, 0.5) is 5.69 Å². The largest absolute Gasteiger partial charge is 0.460 e. The molecule has 0 radical (unpaired) electrons. The summed E-state index contributed by atoms with van der Waals surface area (Å²) in [6, 6.07) is 13.9. The van der Waals surface area contributed by atoms with Crippen LogP contribution in [0.25, 0.3) is 5.52 Å². The van der Waals surface area contributed by atoms with Crippen molar-refractivity contribution in [3.63, 3.8) is 0 Å². The van der Waals surface area contributed by atoms with E-state index in [2.05, 4.69) is 10.2 Å². The number of nitrogens with one attached hydrogen (secondary N) is 1. The Kier molecular flexibility index (Phi) is 11.9. The molecule has 4 heterocycles. The van der Waals surface area contributed by atoms with E-state index < -0.39 is 74.1 Å². The first-order chi connectivity index (χ1) is 24.6. The van der Waals surface area contributed by atoms with Gasteiger partial charge in [0.05, 0.1) is 28.7 Å². The fourth-order valence-electron chi connectivity index (χ4n) is 5.78. The molecule has 0 aliphatic carbocycles. The second kappa shape index (κ2) is 16.0. The molecule has 2 aliphatic rings. The predicted octanol–water partition coefficient (Wildman–Crippen LogP) is 3.81. The van der Waals surface area contributed by atoms with Gasteiger partial charge in [-0.3, -0.25) is 18.9 Å². The lowest BCUT2D eigenvalue weighted by Crippen LogP contribution is -2.50. The molecule has 280 valence electrons. The molecular formula is C35H45N6O10P. The maximum Gasteiger partial charge on any atom is 0.459 e. The van der Waals surface area contributed by atoms with Crippen molar-refractivity contribution in [1.82, 2.24) is 19.6 Å². The summed E-state index contributed by atoms with van der Waals surface area (Å²) in [5.41, 5.74) is 5.17. The summed E-state index contributed by atoms with van der Waals surface area (Å²) < 4.78 is 51.7. The molecular weight excluding hydrogens is 695 g/mol. The van der Waals surface area contributed by atoms with Gasteiger partial charge in [0.1, 0.15) is 36.7 Å². The number of nitrogen functional groups attached to an aromatic ring is 1. The van der Waals surface area contributed by atoms with Gasteiger partial charge in [0.25, 0.3) is 0 Å². The van der Waals surface area contributed by atoms with Crippen LogP contribution in [0.1, 0.15) is 52.8 Å². The molecule has 0 unspecified atom stereocenters. The summed E-state index contributed by atoms with van der Waals surface area (Å²) in [6.45, 7) is 8.35. The number of rotatable bonds is 14. The highest BCUT2D eigenvalue weighted by Crippen LogP contribution is 2.50. The SMILES string of the molecule is CC(C)C(=O)O[C@H]1[C@H](c2ccc3c(N)ccnn23)O[C@](C#N)(CO[P@@](=O)(N[C@@H](C)C(=O)O[C@H]2CCN(C)C2)Oc2ccccc2)[C@H]1OC(=O)C(C)C. The number of aromatic nitrogens is 2. The van der Waals surface area contributed by atoms with Gasteiger partial charge in [-0.15, -0.1) is 0 Å². The first-order valence-corrected chi connectivity index (χ1v) is 18.6. The van der Waals surface area contributed by atoms with Crippen LogP contribution in [0.5, 0.6) is 5.75 Å². The second-order valence-electron chi connectivity index (χ2n) is 13.6. The minimum absolute atomic E-state index is 0.127. The van der Waals surface area contributed by atoms with Gasteiger partial charge in [0.2, 0.25) is 5.60 Å². The van der Waals surface area contributed by atoms with Crippen LogP contribution in [0.15, 0.2) is 54.7 Å². The van der Waals surface area contributed by atoms with Crippen molar-refractivity contribution in [1.29, 1.82) is 5.26 Å². The summed E-state index contributed by atoms with van der Waals surface area (Å²) >= 11 is 0. The maximum absolute atomic E-state index is 14.6. The number of carbonyl (C=O) groups is 3. The van der Waals surface area contributed by atoms with Crippen LogP contribution in [0, 0.1) is 23.2 Å². The summed E-state index contributed by atoms with van der Waals surface area (Å²) in [5.74, 6) is -3.21. The molecule has 2 aromatic heterocycles. The summed E-state index contributed by atoms with van der Waals surface area (Å²) in [4.78, 5) is 41.5. The van der Waals surface area contributed by atoms with E-state index in [9.17, 15) is 24.2 Å². The summed E-state index contributed by atoms with van der Waals surface area (Å²) in [7, 11) is -2.65. The Hall–Kier alpha value is -4.52. The number of hydrogen-bond donors (Lipinski definition) is 2. The van der Waals surface area contributed by atoms with Crippen molar-refractivity contribution in [2.45, 2.75) is 77.1 Å². The maximum atomic E-state index is 14.6. The van der Waals surface area contributed by atoms with Gasteiger partial charge in [0.15, 0.2) is 12.2 Å². The molecule has 52 heavy (non-hydrogen) atoms. The zero-order valence-corrected chi connectivity index (χ0v) is 30.9. The number of likely N-dealkylation sites (N-methyl/N-ethyl adjacent to an activating group) is 1. The number of ether oxygens (including phenoxy) is 4. The molecule has 0 bridgehead atoms. The molecule has 3 N–H and O–H groups in total. The lowest BCUT2D eigenvalue weighted by molar-refractivity contribution is -0.173. The Morgan fingerprint density at radius 2 is 1.73 bits per heavy atom. The summed E-state index contributed by atoms with van der Waals surface area (Å²) in [5, 5.41) is 17.9. The number of esters is 3. The van der Waals surface area contributed by atoms with Gasteiger partial charge in [-0.25, -0.2) is 9.08 Å². The number of carbonyl (C=O) groups excluding carboxylic acids is 3. The van der Waals surface area contributed by atoms with Crippen LogP contribution in [-0.2, 0) is 42.4 Å². The molecule has 1 aromatic carbocycles. The normalized spacial score (nSPS) is 25.1. The quantitative estimate of drug-likeness (QED) is 0.137. The molecule has 2 aliphatic heterocycles. The van der Waals surface area contributed by atoms with E-state index in [0.29, 0.717) is 29.9 Å². The smallest absolute Gasteiger partial charge is 0.459 e. The van der Waals surface area contributed by atoms with E-state index in [1.165, 1.54) is 29.8 Å². The van der Waals surface area contributed by atoms with Gasteiger partial charge in [0, 0.05) is 19.3 Å². The van der Waals surface area contributed by atoms with Crippen molar-refractivity contribution < 1.29 is 46.9 Å². The monoisotopic (exact) mass is 740 g/mol. The highest BCUT2D eigenvalue weighted by atomic mass is 31.2. The van der Waals surface area contributed by atoms with E-state index in [-0.39, 0.29) is 11.9 Å². The lowest BCUT2D eigenvalue weighted by Gasteiger charge is -2.31. The molecule has 7 atom stereocenters. The Bertz CT molecular complexity index is 1850. The van der Waals surface area contributed by atoms with E-state index in [1.807, 2.05) is 18.0 Å². The van der Waals surface area contributed by atoms with Crippen LogP contribution in [0.2, 0.25) is 0 Å². The van der Waals surface area contributed by atoms with Crippen LogP contribution >= 0.6 is 7.75 Å². The second-order valence-corrected chi connectivity index (χ2v) is 15.3. The van der Waals surface area contributed by atoms with E-state index in [1.54, 1.807) is 64.1 Å². The minimum Gasteiger partial charge on any atom is -0.460 e. The van der Waals surface area contributed by atoms with E-state index in [4.69, 9.17) is 33.7 Å². The van der Waals surface area contributed by atoms with Crippen molar-refractivity contribution >= 4 is 36.9 Å². The van der Waals surface area contributed by atoms with Crippen molar-refractivity contribution in [3.8, 4) is 11.8 Å². The number of benzene rings is 1. The molecule has 0 saturated carbocycles. The number of nitriles is 1. The molecule has 2 saturated heterocycles. The Morgan fingerprint density at radius 3 is 2.37 bits per heavy atom.